The summed E-state index contributed by atoms with van der Waals surface area (Å²) in [6, 6.07) is 3.46. The summed E-state index contributed by atoms with van der Waals surface area (Å²) in [5.41, 5.74) is -0.489. The zero-order valence-corrected chi connectivity index (χ0v) is 12.0. The zero-order valence-electron chi connectivity index (χ0n) is 11.2. The molecule has 1 aliphatic rings. The summed E-state index contributed by atoms with van der Waals surface area (Å²) in [4.78, 5) is 16.4. The third-order valence-electron chi connectivity index (χ3n) is 3.70. The van der Waals surface area contributed by atoms with E-state index in [4.69, 9.17) is 4.74 Å². The number of sulfone groups is 1. The first-order valence-corrected chi connectivity index (χ1v) is 8.13. The van der Waals surface area contributed by atoms with E-state index in [-0.39, 0.29) is 22.4 Å². The van der Waals surface area contributed by atoms with Crippen LogP contribution in [0, 0.1) is 5.82 Å². The maximum Gasteiger partial charge on any atom is 0.261 e. The molecule has 2 heterocycles. The molecule has 112 valence electrons. The Bertz CT molecular complexity index is 862. The lowest BCUT2D eigenvalue weighted by atomic mass is 10.2. The standard InChI is InChI=1S/C13H13FN2O4S/c1-20-11-6-21(18,19)5-10(11)16-7-15-12-8(13(16)17)3-2-4-9(12)14/h2-4,7,10-11H,5-6H2,1H3/t10-,11-/m0/s1. The Kier molecular flexibility index (Phi) is 3.29. The summed E-state index contributed by atoms with van der Waals surface area (Å²) in [6.45, 7) is 0. The molecule has 1 fully saturated rings. The van der Waals surface area contributed by atoms with Crippen molar-refractivity contribution in [2.45, 2.75) is 12.1 Å². The molecule has 0 saturated carbocycles. The van der Waals surface area contributed by atoms with Gasteiger partial charge in [-0.25, -0.2) is 17.8 Å². The van der Waals surface area contributed by atoms with Gasteiger partial charge in [-0.3, -0.25) is 9.36 Å². The number of rotatable bonds is 2. The van der Waals surface area contributed by atoms with Gasteiger partial charge in [-0.05, 0) is 12.1 Å². The molecule has 0 unspecified atom stereocenters. The van der Waals surface area contributed by atoms with Crippen molar-refractivity contribution in [1.29, 1.82) is 0 Å². The lowest BCUT2D eigenvalue weighted by Gasteiger charge is -2.19. The highest BCUT2D eigenvalue weighted by Gasteiger charge is 2.39. The summed E-state index contributed by atoms with van der Waals surface area (Å²) >= 11 is 0. The number of ether oxygens (including phenoxy) is 1. The molecule has 1 saturated heterocycles. The number of methoxy groups -OCH3 is 1. The van der Waals surface area contributed by atoms with E-state index >= 15 is 0 Å². The van der Waals surface area contributed by atoms with Crippen LogP contribution >= 0.6 is 0 Å². The Morgan fingerprint density at radius 3 is 2.86 bits per heavy atom. The molecule has 1 aromatic carbocycles. The van der Waals surface area contributed by atoms with Crippen LogP contribution in [0.5, 0.6) is 0 Å². The third kappa shape index (κ3) is 2.34. The molecule has 0 radical (unpaired) electrons. The van der Waals surface area contributed by atoms with E-state index in [1.54, 1.807) is 0 Å². The molecule has 0 aliphatic carbocycles. The first-order valence-electron chi connectivity index (χ1n) is 6.31. The second-order valence-electron chi connectivity index (χ2n) is 5.01. The second kappa shape index (κ2) is 4.88. The lowest BCUT2D eigenvalue weighted by molar-refractivity contribution is 0.0874. The van der Waals surface area contributed by atoms with Crippen LogP contribution in [0.4, 0.5) is 4.39 Å². The fraction of sp³-hybridized carbons (Fsp3) is 0.385. The summed E-state index contributed by atoms with van der Waals surface area (Å²) in [5.74, 6) is -0.908. The fourth-order valence-electron chi connectivity index (χ4n) is 2.65. The van der Waals surface area contributed by atoms with Crippen molar-refractivity contribution < 1.29 is 17.5 Å². The van der Waals surface area contributed by atoms with Gasteiger partial charge in [0, 0.05) is 7.11 Å². The van der Waals surface area contributed by atoms with Gasteiger partial charge in [0.1, 0.15) is 11.3 Å². The SMILES string of the molecule is CO[C@H]1CS(=O)(=O)C[C@@H]1n1cnc2c(F)cccc2c1=O. The third-order valence-corrected chi connectivity index (χ3v) is 5.38. The van der Waals surface area contributed by atoms with E-state index < -0.39 is 33.4 Å². The Hall–Kier alpha value is -1.80. The van der Waals surface area contributed by atoms with Crippen LogP contribution in [-0.4, -0.2) is 42.7 Å². The van der Waals surface area contributed by atoms with Crippen LogP contribution in [0.3, 0.4) is 0 Å². The number of hydrogen-bond donors (Lipinski definition) is 0. The van der Waals surface area contributed by atoms with Gasteiger partial charge >= 0.3 is 0 Å². The summed E-state index contributed by atoms with van der Waals surface area (Å²) < 4.78 is 43.5. The largest absolute Gasteiger partial charge is 0.378 e. The molecule has 21 heavy (non-hydrogen) atoms. The Morgan fingerprint density at radius 2 is 2.14 bits per heavy atom. The van der Waals surface area contributed by atoms with Crippen molar-refractivity contribution in [3.05, 3.63) is 40.7 Å². The van der Waals surface area contributed by atoms with Crippen molar-refractivity contribution in [3.8, 4) is 0 Å². The summed E-state index contributed by atoms with van der Waals surface area (Å²) in [7, 11) is -1.87. The van der Waals surface area contributed by atoms with Crippen molar-refractivity contribution in [2.24, 2.45) is 0 Å². The summed E-state index contributed by atoms with van der Waals surface area (Å²) in [6.07, 6.45) is 0.575. The average molecular weight is 312 g/mol. The van der Waals surface area contributed by atoms with Crippen molar-refractivity contribution in [3.63, 3.8) is 0 Å². The predicted molar refractivity (Wildman–Crippen MR) is 74.4 cm³/mol. The molecular formula is C13H13FN2O4S. The van der Waals surface area contributed by atoms with E-state index in [1.807, 2.05) is 0 Å². The van der Waals surface area contributed by atoms with Crippen molar-refractivity contribution >= 4 is 20.7 Å². The van der Waals surface area contributed by atoms with E-state index in [0.717, 1.165) is 0 Å². The van der Waals surface area contributed by atoms with Gasteiger partial charge in [-0.2, -0.15) is 0 Å². The summed E-state index contributed by atoms with van der Waals surface area (Å²) in [5, 5.41) is 0.122. The highest BCUT2D eigenvalue weighted by Crippen LogP contribution is 2.25. The lowest BCUT2D eigenvalue weighted by Crippen LogP contribution is -2.32. The molecule has 0 spiro atoms. The van der Waals surface area contributed by atoms with E-state index in [1.165, 1.54) is 36.2 Å². The monoisotopic (exact) mass is 312 g/mol. The van der Waals surface area contributed by atoms with Crippen LogP contribution < -0.4 is 5.56 Å². The normalized spacial score (nSPS) is 24.5. The van der Waals surface area contributed by atoms with Crippen LogP contribution in [-0.2, 0) is 14.6 Å². The molecule has 2 atom stereocenters. The number of aromatic nitrogens is 2. The van der Waals surface area contributed by atoms with Crippen LogP contribution in [0.1, 0.15) is 6.04 Å². The number of halogens is 1. The number of hydrogen-bond acceptors (Lipinski definition) is 5. The highest BCUT2D eigenvalue weighted by molar-refractivity contribution is 7.91. The predicted octanol–water partition coefficient (Wildman–Crippen LogP) is 0.520. The smallest absolute Gasteiger partial charge is 0.261 e. The Morgan fingerprint density at radius 1 is 1.38 bits per heavy atom. The maximum absolute atomic E-state index is 13.6. The Labute approximate surface area is 120 Å². The van der Waals surface area contributed by atoms with Gasteiger partial charge in [0.25, 0.3) is 5.56 Å². The molecule has 0 N–H and O–H groups in total. The molecule has 8 heteroatoms. The molecule has 3 rings (SSSR count). The average Bonchev–Trinajstić information content (AvgIpc) is 2.75. The second-order valence-corrected chi connectivity index (χ2v) is 7.17. The first-order chi connectivity index (χ1) is 9.93. The van der Waals surface area contributed by atoms with Crippen LogP contribution in [0.2, 0.25) is 0 Å². The van der Waals surface area contributed by atoms with Crippen molar-refractivity contribution in [2.75, 3.05) is 18.6 Å². The van der Waals surface area contributed by atoms with Gasteiger partial charge in [0.05, 0.1) is 35.4 Å². The maximum atomic E-state index is 13.6. The van der Waals surface area contributed by atoms with E-state index in [2.05, 4.69) is 4.98 Å². The molecule has 1 aromatic heterocycles. The van der Waals surface area contributed by atoms with Gasteiger partial charge in [-0.15, -0.1) is 0 Å². The Balaban J connectivity index is 2.18. The minimum atomic E-state index is -3.27. The van der Waals surface area contributed by atoms with Gasteiger partial charge in [-0.1, -0.05) is 6.07 Å². The van der Waals surface area contributed by atoms with Gasteiger partial charge in [0.15, 0.2) is 9.84 Å². The van der Waals surface area contributed by atoms with Crippen LogP contribution in [0.25, 0.3) is 10.9 Å². The first kappa shape index (κ1) is 14.2. The molecule has 1 aliphatic heterocycles. The zero-order chi connectivity index (χ0) is 15.2. The molecule has 0 amide bonds. The number of fused-ring (bicyclic) bond motifs is 1. The van der Waals surface area contributed by atoms with Crippen molar-refractivity contribution in [1.82, 2.24) is 9.55 Å². The molecular weight excluding hydrogens is 299 g/mol. The molecule has 2 aromatic rings. The van der Waals surface area contributed by atoms with Gasteiger partial charge < -0.3 is 4.74 Å². The fourth-order valence-corrected chi connectivity index (χ4v) is 4.54. The molecule has 6 nitrogen and oxygen atoms in total. The number of nitrogens with zero attached hydrogens (tertiary/aromatic N) is 2. The minimum Gasteiger partial charge on any atom is -0.378 e. The molecule has 0 bridgehead atoms. The number of para-hydroxylation sites is 1. The minimum absolute atomic E-state index is 0.0198. The van der Waals surface area contributed by atoms with E-state index in [9.17, 15) is 17.6 Å². The van der Waals surface area contributed by atoms with E-state index in [0.29, 0.717) is 0 Å². The quantitative estimate of drug-likeness (QED) is 0.808. The number of benzene rings is 1. The van der Waals surface area contributed by atoms with Crippen LogP contribution in [0.15, 0.2) is 29.3 Å². The topological polar surface area (TPSA) is 78.3 Å². The van der Waals surface area contributed by atoms with Gasteiger partial charge in [0.2, 0.25) is 0 Å². The highest BCUT2D eigenvalue weighted by atomic mass is 32.2.